The molecule has 0 radical (unpaired) electrons. The Bertz CT molecular complexity index is 952. The van der Waals surface area contributed by atoms with Gasteiger partial charge >= 0.3 is 0 Å². The number of methoxy groups -OCH3 is 2. The van der Waals surface area contributed by atoms with Crippen LogP contribution in [0.2, 0.25) is 0 Å². The lowest BCUT2D eigenvalue weighted by Crippen LogP contribution is -2.36. The van der Waals surface area contributed by atoms with E-state index in [0.717, 1.165) is 17.4 Å². The topological polar surface area (TPSA) is 72.9 Å². The number of hydrogen-bond donors (Lipinski definition) is 0. The predicted octanol–water partition coefficient (Wildman–Crippen LogP) is 2.31. The fourth-order valence-corrected chi connectivity index (χ4v) is 3.77. The largest absolute Gasteiger partial charge is 0.493 e. The summed E-state index contributed by atoms with van der Waals surface area (Å²) in [4.78, 5) is 14.7. The van der Waals surface area contributed by atoms with Crippen LogP contribution in [0.5, 0.6) is 11.5 Å². The van der Waals surface area contributed by atoms with Crippen LogP contribution in [-0.4, -0.2) is 46.2 Å². The number of ether oxygens (including phenoxy) is 2. The number of amides is 1. The average molecular weight is 375 g/mol. The van der Waals surface area contributed by atoms with Gasteiger partial charge in [-0.25, -0.2) is 8.42 Å². The van der Waals surface area contributed by atoms with E-state index >= 15 is 0 Å². The molecule has 26 heavy (non-hydrogen) atoms. The average Bonchev–Trinajstić information content (AvgIpc) is 2.65. The van der Waals surface area contributed by atoms with Gasteiger partial charge in [0, 0.05) is 24.9 Å². The molecule has 0 spiro atoms. The van der Waals surface area contributed by atoms with Crippen molar-refractivity contribution >= 4 is 15.7 Å². The first-order valence-corrected chi connectivity index (χ1v) is 10.1. The maximum atomic E-state index is 12.8. The van der Waals surface area contributed by atoms with Crippen molar-refractivity contribution in [3.63, 3.8) is 0 Å². The van der Waals surface area contributed by atoms with E-state index in [0.29, 0.717) is 36.6 Å². The molecule has 0 fully saturated rings. The summed E-state index contributed by atoms with van der Waals surface area (Å²) in [5.74, 6) is 1.11. The summed E-state index contributed by atoms with van der Waals surface area (Å²) >= 11 is 0. The van der Waals surface area contributed by atoms with Crippen LogP contribution in [0.25, 0.3) is 0 Å². The molecule has 0 bridgehead atoms. The number of benzene rings is 2. The van der Waals surface area contributed by atoms with Gasteiger partial charge in [0.2, 0.25) is 0 Å². The van der Waals surface area contributed by atoms with Crippen LogP contribution in [0.1, 0.15) is 21.5 Å². The van der Waals surface area contributed by atoms with Gasteiger partial charge in [-0.1, -0.05) is 6.07 Å². The molecule has 0 aromatic heterocycles. The van der Waals surface area contributed by atoms with Crippen LogP contribution < -0.4 is 9.47 Å². The predicted molar refractivity (Wildman–Crippen MR) is 97.5 cm³/mol. The summed E-state index contributed by atoms with van der Waals surface area (Å²) in [7, 11) is -0.185. The molecule has 7 heteroatoms. The third-order valence-electron chi connectivity index (χ3n) is 4.51. The maximum Gasteiger partial charge on any atom is 0.254 e. The zero-order valence-corrected chi connectivity index (χ0v) is 15.8. The number of sulfone groups is 1. The highest BCUT2D eigenvalue weighted by Gasteiger charge is 2.24. The number of fused-ring (bicyclic) bond motifs is 1. The summed E-state index contributed by atoms with van der Waals surface area (Å²) in [6, 6.07) is 9.99. The minimum Gasteiger partial charge on any atom is -0.493 e. The summed E-state index contributed by atoms with van der Waals surface area (Å²) in [6.07, 6.45) is 1.83. The van der Waals surface area contributed by atoms with E-state index in [-0.39, 0.29) is 10.8 Å². The van der Waals surface area contributed by atoms with E-state index in [2.05, 4.69) is 0 Å². The molecule has 1 aliphatic rings. The normalized spacial score (nSPS) is 13.9. The Kier molecular flexibility index (Phi) is 4.91. The third kappa shape index (κ3) is 3.53. The van der Waals surface area contributed by atoms with Gasteiger partial charge in [0.15, 0.2) is 21.3 Å². The molecular formula is C19H21NO5S. The van der Waals surface area contributed by atoms with Crippen LogP contribution in [0, 0.1) is 0 Å². The Morgan fingerprint density at radius 3 is 2.31 bits per heavy atom. The van der Waals surface area contributed by atoms with Crippen molar-refractivity contribution in [1.29, 1.82) is 0 Å². The Hall–Kier alpha value is -2.54. The van der Waals surface area contributed by atoms with E-state index in [9.17, 15) is 13.2 Å². The van der Waals surface area contributed by atoms with Gasteiger partial charge in [-0.2, -0.15) is 0 Å². The van der Waals surface area contributed by atoms with Crippen LogP contribution in [-0.2, 0) is 22.8 Å². The third-order valence-corrected chi connectivity index (χ3v) is 5.62. The molecular weight excluding hydrogens is 354 g/mol. The Morgan fingerprint density at radius 1 is 1.04 bits per heavy atom. The highest BCUT2D eigenvalue weighted by Crippen LogP contribution is 2.33. The number of carbonyl (C=O) groups is 1. The second kappa shape index (κ2) is 6.99. The van der Waals surface area contributed by atoms with E-state index in [1.165, 1.54) is 12.1 Å². The Morgan fingerprint density at radius 2 is 1.69 bits per heavy atom. The smallest absolute Gasteiger partial charge is 0.254 e. The minimum absolute atomic E-state index is 0.146. The van der Waals surface area contributed by atoms with E-state index in [1.54, 1.807) is 31.3 Å². The SMILES string of the molecule is COc1cc2c(cc1OC)CN(C(=O)c1cccc(S(C)(=O)=O)c1)CC2. The quantitative estimate of drug-likeness (QED) is 0.820. The molecule has 2 aromatic carbocycles. The fourth-order valence-electron chi connectivity index (χ4n) is 3.10. The van der Waals surface area contributed by atoms with Crippen molar-refractivity contribution in [3.05, 3.63) is 53.1 Å². The Labute approximate surface area is 153 Å². The fraction of sp³-hybridized carbons (Fsp3) is 0.316. The summed E-state index contributed by atoms with van der Waals surface area (Å²) in [5, 5.41) is 0. The van der Waals surface area contributed by atoms with Crippen molar-refractivity contribution in [3.8, 4) is 11.5 Å². The first kappa shape index (κ1) is 18.3. The monoisotopic (exact) mass is 375 g/mol. The summed E-state index contributed by atoms with van der Waals surface area (Å²) in [5.41, 5.74) is 2.50. The molecule has 6 nitrogen and oxygen atoms in total. The number of hydrogen-bond acceptors (Lipinski definition) is 5. The molecule has 0 atom stereocenters. The molecule has 1 heterocycles. The maximum absolute atomic E-state index is 12.8. The van der Waals surface area contributed by atoms with Crippen molar-refractivity contribution in [1.82, 2.24) is 4.90 Å². The zero-order chi connectivity index (χ0) is 18.9. The van der Waals surface area contributed by atoms with Crippen LogP contribution in [0.15, 0.2) is 41.3 Å². The first-order valence-electron chi connectivity index (χ1n) is 8.16. The lowest BCUT2D eigenvalue weighted by Gasteiger charge is -2.29. The van der Waals surface area contributed by atoms with Crippen molar-refractivity contribution in [2.45, 2.75) is 17.9 Å². The molecule has 1 aliphatic heterocycles. The number of rotatable bonds is 4. The lowest BCUT2D eigenvalue weighted by atomic mass is 9.98. The lowest BCUT2D eigenvalue weighted by molar-refractivity contribution is 0.0734. The van der Waals surface area contributed by atoms with Crippen molar-refractivity contribution in [2.24, 2.45) is 0 Å². The van der Waals surface area contributed by atoms with E-state index < -0.39 is 9.84 Å². The molecule has 2 aromatic rings. The molecule has 3 rings (SSSR count). The molecule has 0 N–H and O–H groups in total. The van der Waals surface area contributed by atoms with Gasteiger partial charge in [-0.05, 0) is 47.9 Å². The molecule has 0 aliphatic carbocycles. The van der Waals surface area contributed by atoms with Gasteiger partial charge in [0.05, 0.1) is 19.1 Å². The Balaban J connectivity index is 1.88. The minimum atomic E-state index is -3.36. The molecule has 0 saturated carbocycles. The van der Waals surface area contributed by atoms with Crippen molar-refractivity contribution < 1.29 is 22.7 Å². The molecule has 0 unspecified atom stereocenters. The summed E-state index contributed by atoms with van der Waals surface area (Å²) in [6.45, 7) is 1.00. The van der Waals surface area contributed by atoms with E-state index in [4.69, 9.17) is 9.47 Å². The second-order valence-electron chi connectivity index (χ2n) is 6.25. The highest BCUT2D eigenvalue weighted by atomic mass is 32.2. The van der Waals surface area contributed by atoms with Crippen LogP contribution >= 0.6 is 0 Å². The standard InChI is InChI=1S/C19H21NO5S/c1-24-17-10-13-7-8-20(12-15(13)11-18(17)25-2)19(21)14-5-4-6-16(9-14)26(3,22)23/h4-6,9-11H,7-8,12H2,1-3H3. The highest BCUT2D eigenvalue weighted by molar-refractivity contribution is 7.90. The number of nitrogens with zero attached hydrogens (tertiary/aromatic N) is 1. The van der Waals surface area contributed by atoms with Gasteiger partial charge < -0.3 is 14.4 Å². The number of carbonyl (C=O) groups excluding carboxylic acids is 1. The first-order chi connectivity index (χ1) is 12.3. The van der Waals surface area contributed by atoms with Crippen LogP contribution in [0.4, 0.5) is 0 Å². The zero-order valence-electron chi connectivity index (χ0n) is 15.0. The van der Waals surface area contributed by atoms with Crippen LogP contribution in [0.3, 0.4) is 0 Å². The molecule has 0 saturated heterocycles. The molecule has 138 valence electrons. The van der Waals surface area contributed by atoms with Gasteiger partial charge in [-0.15, -0.1) is 0 Å². The van der Waals surface area contributed by atoms with Gasteiger partial charge in [-0.3, -0.25) is 4.79 Å². The van der Waals surface area contributed by atoms with E-state index in [1.807, 2.05) is 12.1 Å². The molecule has 1 amide bonds. The van der Waals surface area contributed by atoms with Gasteiger partial charge in [0.25, 0.3) is 5.91 Å². The van der Waals surface area contributed by atoms with Crippen molar-refractivity contribution in [2.75, 3.05) is 27.0 Å². The van der Waals surface area contributed by atoms with Gasteiger partial charge in [0.1, 0.15) is 0 Å². The second-order valence-corrected chi connectivity index (χ2v) is 8.27. The summed E-state index contributed by atoms with van der Waals surface area (Å²) < 4.78 is 34.1.